The summed E-state index contributed by atoms with van der Waals surface area (Å²) in [6, 6.07) is 1.90. The van der Waals surface area contributed by atoms with E-state index in [1.807, 2.05) is 23.1 Å². The van der Waals surface area contributed by atoms with E-state index in [2.05, 4.69) is 20.0 Å². The van der Waals surface area contributed by atoms with Gasteiger partial charge < -0.3 is 10.2 Å². The van der Waals surface area contributed by atoms with Crippen LogP contribution in [0.3, 0.4) is 0 Å². The van der Waals surface area contributed by atoms with Crippen LogP contribution in [-0.2, 0) is 19.6 Å². The molecule has 0 spiro atoms. The molecule has 1 aliphatic carbocycles. The highest BCUT2D eigenvalue weighted by Gasteiger charge is 2.21. The summed E-state index contributed by atoms with van der Waals surface area (Å²) < 4.78 is 1.96. The van der Waals surface area contributed by atoms with E-state index in [0.717, 1.165) is 49.7 Å². The first-order valence-electron chi connectivity index (χ1n) is 10.1. The Kier molecular flexibility index (Phi) is 5.80. The summed E-state index contributed by atoms with van der Waals surface area (Å²) in [6.07, 6.45) is 10.4. The van der Waals surface area contributed by atoms with Crippen LogP contribution < -0.4 is 0 Å². The van der Waals surface area contributed by atoms with Crippen LogP contribution in [-0.4, -0.2) is 48.0 Å². The molecule has 0 bridgehead atoms. The van der Waals surface area contributed by atoms with E-state index >= 15 is 0 Å². The third kappa shape index (κ3) is 4.36. The first kappa shape index (κ1) is 18.5. The zero-order valence-electron chi connectivity index (χ0n) is 15.8. The molecule has 1 saturated carbocycles. The predicted molar refractivity (Wildman–Crippen MR) is 101 cm³/mol. The summed E-state index contributed by atoms with van der Waals surface area (Å²) in [5.41, 5.74) is 2.77. The van der Waals surface area contributed by atoms with Gasteiger partial charge in [-0.25, -0.2) is 9.97 Å². The number of rotatable bonds is 5. The van der Waals surface area contributed by atoms with Crippen LogP contribution in [0.4, 0.5) is 0 Å². The Morgan fingerprint density at radius 1 is 1.07 bits per heavy atom. The molecule has 7 nitrogen and oxygen atoms in total. The third-order valence-electron chi connectivity index (χ3n) is 5.73. The number of aromatic nitrogens is 4. The molecule has 1 fully saturated rings. The van der Waals surface area contributed by atoms with Gasteiger partial charge in [-0.2, -0.15) is 5.10 Å². The molecular formula is C20H29N5O2. The van der Waals surface area contributed by atoms with Crippen molar-refractivity contribution in [2.24, 2.45) is 0 Å². The fourth-order valence-corrected chi connectivity index (χ4v) is 4.22. The lowest BCUT2D eigenvalue weighted by Crippen LogP contribution is -2.23. The monoisotopic (exact) mass is 371 g/mol. The van der Waals surface area contributed by atoms with Crippen LogP contribution in [0.1, 0.15) is 73.3 Å². The summed E-state index contributed by atoms with van der Waals surface area (Å²) in [5.74, 6) is 1.55. The average molecular weight is 371 g/mol. The fraction of sp³-hybridized carbons (Fsp3) is 0.650. The van der Waals surface area contributed by atoms with Gasteiger partial charge in [0, 0.05) is 50.1 Å². The second-order valence-electron chi connectivity index (χ2n) is 7.83. The smallest absolute Gasteiger partial charge is 0.131 e. The lowest BCUT2D eigenvalue weighted by atomic mass is 9.89. The zero-order valence-corrected chi connectivity index (χ0v) is 15.8. The van der Waals surface area contributed by atoms with Gasteiger partial charge >= 0.3 is 0 Å². The summed E-state index contributed by atoms with van der Waals surface area (Å²) in [5, 5.41) is 23.4. The predicted octanol–water partition coefficient (Wildman–Crippen LogP) is 2.15. The maximum atomic E-state index is 9.83. The van der Waals surface area contributed by atoms with E-state index in [1.54, 1.807) is 0 Å². The molecule has 2 aromatic heterocycles. The first-order chi connectivity index (χ1) is 13.2. The molecule has 2 aliphatic rings. The van der Waals surface area contributed by atoms with Crippen LogP contribution in [0, 0.1) is 0 Å². The van der Waals surface area contributed by atoms with E-state index in [9.17, 15) is 5.11 Å². The highest BCUT2D eigenvalue weighted by atomic mass is 16.3. The lowest BCUT2D eigenvalue weighted by Gasteiger charge is -2.21. The minimum Gasteiger partial charge on any atom is -0.393 e. The van der Waals surface area contributed by atoms with Gasteiger partial charge in [0.2, 0.25) is 0 Å². The van der Waals surface area contributed by atoms with Crippen molar-refractivity contribution in [2.45, 2.75) is 70.2 Å². The van der Waals surface area contributed by atoms with Crippen molar-refractivity contribution >= 4 is 0 Å². The van der Waals surface area contributed by atoms with Gasteiger partial charge in [-0.15, -0.1) is 0 Å². The molecule has 2 N–H and O–H groups in total. The highest BCUT2D eigenvalue weighted by molar-refractivity contribution is 5.14. The number of fused-ring (bicyclic) bond motifs is 1. The normalized spacial score (nSPS) is 20.2. The Morgan fingerprint density at radius 3 is 2.59 bits per heavy atom. The molecule has 1 atom stereocenters. The molecule has 0 radical (unpaired) electrons. The van der Waals surface area contributed by atoms with Crippen LogP contribution in [0.25, 0.3) is 0 Å². The van der Waals surface area contributed by atoms with Crippen molar-refractivity contribution in [3.05, 3.63) is 41.2 Å². The summed E-state index contributed by atoms with van der Waals surface area (Å²) in [6.45, 7) is 3.11. The fourth-order valence-electron chi connectivity index (χ4n) is 4.22. The molecule has 7 heteroatoms. The first-order valence-corrected chi connectivity index (χ1v) is 10.1. The van der Waals surface area contributed by atoms with Crippen LogP contribution in [0.15, 0.2) is 18.5 Å². The van der Waals surface area contributed by atoms with Gasteiger partial charge in [0.15, 0.2) is 0 Å². The Labute approximate surface area is 160 Å². The maximum absolute atomic E-state index is 9.83. The molecule has 1 aliphatic heterocycles. The Hall–Kier alpha value is -1.83. The highest BCUT2D eigenvalue weighted by Crippen LogP contribution is 2.30. The van der Waals surface area contributed by atoms with Crippen LogP contribution in [0.2, 0.25) is 0 Å². The second-order valence-corrected chi connectivity index (χ2v) is 7.83. The van der Waals surface area contributed by atoms with E-state index in [0.29, 0.717) is 11.6 Å². The molecule has 27 heavy (non-hydrogen) atoms. The Balaban J connectivity index is 1.41. The number of hydrogen-bond acceptors (Lipinski definition) is 6. The molecule has 2 aromatic rings. The van der Waals surface area contributed by atoms with Crippen molar-refractivity contribution < 1.29 is 10.2 Å². The van der Waals surface area contributed by atoms with Gasteiger partial charge in [0.05, 0.1) is 18.0 Å². The molecule has 0 unspecified atom stereocenters. The summed E-state index contributed by atoms with van der Waals surface area (Å²) in [7, 11) is 0. The van der Waals surface area contributed by atoms with Crippen molar-refractivity contribution in [1.29, 1.82) is 0 Å². The molecule has 146 valence electrons. The second kappa shape index (κ2) is 8.46. The largest absolute Gasteiger partial charge is 0.393 e. The Bertz CT molecular complexity index is 739. The van der Waals surface area contributed by atoms with Crippen LogP contribution in [0.5, 0.6) is 0 Å². The number of aryl methyl sites for hydroxylation is 1. The topological polar surface area (TPSA) is 87.3 Å². The summed E-state index contributed by atoms with van der Waals surface area (Å²) in [4.78, 5) is 11.7. The summed E-state index contributed by atoms with van der Waals surface area (Å²) >= 11 is 0. The number of nitrogens with zero attached hydrogens (tertiary/aromatic N) is 5. The van der Waals surface area contributed by atoms with E-state index in [-0.39, 0.29) is 6.61 Å². The standard InChI is InChI=1S/C20H29N5O2/c26-14-19(27)18-9-17-13-24(7-4-8-25(17)23-18)12-15-10-21-20(22-11-15)16-5-2-1-3-6-16/h9-11,16,19,26-27H,1-8,12-14H2/t19-/m1/s1. The Morgan fingerprint density at radius 2 is 1.85 bits per heavy atom. The van der Waals surface area contributed by atoms with Gasteiger partial charge in [-0.1, -0.05) is 19.3 Å². The maximum Gasteiger partial charge on any atom is 0.131 e. The van der Waals surface area contributed by atoms with Crippen LogP contribution >= 0.6 is 0 Å². The lowest BCUT2D eigenvalue weighted by molar-refractivity contribution is 0.0916. The van der Waals surface area contributed by atoms with Crippen molar-refractivity contribution in [2.75, 3.05) is 13.2 Å². The number of aliphatic hydroxyl groups excluding tert-OH is 2. The minimum absolute atomic E-state index is 0.301. The van der Waals surface area contributed by atoms with E-state index in [1.165, 1.54) is 32.1 Å². The van der Waals surface area contributed by atoms with E-state index < -0.39 is 6.10 Å². The third-order valence-corrected chi connectivity index (χ3v) is 5.73. The SMILES string of the molecule is OC[C@@H](O)c1cc2n(n1)CCCN(Cc1cnc(C3CCCCC3)nc1)C2. The van der Waals surface area contributed by atoms with Gasteiger partial charge in [0.1, 0.15) is 11.9 Å². The average Bonchev–Trinajstić information content (AvgIpc) is 3.02. The quantitative estimate of drug-likeness (QED) is 0.837. The van der Waals surface area contributed by atoms with Gasteiger partial charge in [-0.3, -0.25) is 9.58 Å². The molecule has 4 rings (SSSR count). The van der Waals surface area contributed by atoms with Crippen molar-refractivity contribution in [3.63, 3.8) is 0 Å². The van der Waals surface area contributed by atoms with Crippen molar-refractivity contribution in [1.82, 2.24) is 24.6 Å². The van der Waals surface area contributed by atoms with E-state index in [4.69, 9.17) is 5.11 Å². The minimum atomic E-state index is -0.904. The van der Waals surface area contributed by atoms with Gasteiger partial charge in [-0.05, 0) is 25.3 Å². The molecule has 0 amide bonds. The number of aliphatic hydroxyl groups is 2. The molecule has 0 saturated heterocycles. The number of hydrogen-bond donors (Lipinski definition) is 2. The molecule has 3 heterocycles. The molecular weight excluding hydrogens is 342 g/mol. The molecule has 0 aromatic carbocycles. The van der Waals surface area contributed by atoms with Crippen molar-refractivity contribution in [3.8, 4) is 0 Å². The van der Waals surface area contributed by atoms with Gasteiger partial charge in [0.25, 0.3) is 0 Å². The zero-order chi connectivity index (χ0) is 18.6.